The van der Waals surface area contributed by atoms with Gasteiger partial charge >= 0.3 is 5.97 Å². The smallest absolute Gasteiger partial charge is 0.341 e. The average Bonchev–Trinajstić information content (AvgIpc) is 2.39. The highest BCUT2D eigenvalue weighted by Crippen LogP contribution is 2.09. The topological polar surface area (TPSA) is 50.4 Å². The Balaban J connectivity index is 2.82. The highest BCUT2D eigenvalue weighted by atomic mass is 32.1. The van der Waals surface area contributed by atoms with Crippen molar-refractivity contribution in [2.24, 2.45) is 0 Å². The highest BCUT2D eigenvalue weighted by Gasteiger charge is 2.00. The molecule has 0 aromatic carbocycles. The van der Waals surface area contributed by atoms with E-state index in [1.807, 2.05) is 0 Å². The fourth-order valence-corrected chi connectivity index (χ4v) is 0.726. The Kier molecular flexibility index (Phi) is 2.38. The first-order valence-corrected chi connectivity index (χ1v) is 3.31. The van der Waals surface area contributed by atoms with E-state index in [2.05, 4.69) is 12.6 Å². The van der Waals surface area contributed by atoms with Gasteiger partial charge in [-0.15, -0.1) is 12.6 Å². The van der Waals surface area contributed by atoms with Crippen LogP contribution in [0, 0.1) is 0 Å². The van der Waals surface area contributed by atoms with Crippen LogP contribution in [0.25, 0.3) is 6.08 Å². The Morgan fingerprint density at radius 1 is 1.73 bits per heavy atom. The monoisotopic (exact) mass is 170 g/mol. The Morgan fingerprint density at radius 2 is 2.45 bits per heavy atom. The maximum absolute atomic E-state index is 10.3. The Hall–Kier alpha value is -1.16. The molecule has 1 aromatic heterocycles. The van der Waals surface area contributed by atoms with Crippen LogP contribution < -0.4 is 0 Å². The summed E-state index contributed by atoms with van der Waals surface area (Å²) in [5.74, 6) is -1.05. The first-order valence-electron chi connectivity index (χ1n) is 2.86. The average molecular weight is 170 g/mol. The molecule has 1 N–H and O–H groups in total. The SMILES string of the molecule is O=C(O)C(S)=Cc1ccoc1. The summed E-state index contributed by atoms with van der Waals surface area (Å²) in [6.07, 6.45) is 4.32. The minimum atomic E-state index is -1.05. The molecule has 0 saturated heterocycles. The van der Waals surface area contributed by atoms with Crippen molar-refractivity contribution in [2.45, 2.75) is 0 Å². The predicted molar refractivity (Wildman–Crippen MR) is 43.3 cm³/mol. The Labute approximate surface area is 68.7 Å². The molecule has 11 heavy (non-hydrogen) atoms. The van der Waals surface area contributed by atoms with Crippen LogP contribution in [0.5, 0.6) is 0 Å². The normalized spacial score (nSPS) is 11.5. The van der Waals surface area contributed by atoms with Gasteiger partial charge in [0, 0.05) is 5.56 Å². The van der Waals surface area contributed by atoms with Gasteiger partial charge in [-0.05, 0) is 12.1 Å². The molecule has 0 aliphatic heterocycles. The number of carboxylic acid groups (broad SMARTS) is 1. The summed E-state index contributed by atoms with van der Waals surface area (Å²) in [6.45, 7) is 0. The van der Waals surface area contributed by atoms with Gasteiger partial charge in [-0.1, -0.05) is 0 Å². The van der Waals surface area contributed by atoms with E-state index in [4.69, 9.17) is 9.52 Å². The third kappa shape index (κ3) is 2.16. The van der Waals surface area contributed by atoms with Crippen LogP contribution in [-0.2, 0) is 4.79 Å². The van der Waals surface area contributed by atoms with E-state index in [1.54, 1.807) is 6.07 Å². The standard InChI is InChI=1S/C7H6O3S/c8-7(9)6(11)3-5-1-2-10-4-5/h1-4,11H,(H,8,9). The minimum absolute atomic E-state index is 0.00796. The summed E-state index contributed by atoms with van der Waals surface area (Å²) in [5.41, 5.74) is 0.692. The number of rotatable bonds is 2. The number of furan rings is 1. The van der Waals surface area contributed by atoms with Crippen molar-refractivity contribution in [2.75, 3.05) is 0 Å². The van der Waals surface area contributed by atoms with Gasteiger partial charge in [-0.2, -0.15) is 0 Å². The van der Waals surface area contributed by atoms with Crippen LogP contribution >= 0.6 is 12.6 Å². The quantitative estimate of drug-likeness (QED) is 0.524. The lowest BCUT2D eigenvalue weighted by Crippen LogP contribution is -1.92. The second kappa shape index (κ2) is 3.30. The van der Waals surface area contributed by atoms with E-state index >= 15 is 0 Å². The van der Waals surface area contributed by atoms with Gasteiger partial charge in [0.1, 0.15) is 0 Å². The largest absolute Gasteiger partial charge is 0.477 e. The van der Waals surface area contributed by atoms with Crippen molar-refractivity contribution in [1.82, 2.24) is 0 Å². The summed E-state index contributed by atoms with van der Waals surface area (Å²) in [4.78, 5) is 10.2. The molecule has 0 aliphatic rings. The molecule has 0 unspecified atom stereocenters. The van der Waals surface area contributed by atoms with Gasteiger partial charge in [0.15, 0.2) is 0 Å². The van der Waals surface area contributed by atoms with Crippen molar-refractivity contribution in [1.29, 1.82) is 0 Å². The lowest BCUT2D eigenvalue weighted by molar-refractivity contribution is -0.131. The highest BCUT2D eigenvalue weighted by molar-refractivity contribution is 7.85. The van der Waals surface area contributed by atoms with Crippen LogP contribution in [0.1, 0.15) is 5.56 Å². The zero-order valence-corrected chi connectivity index (χ0v) is 6.41. The van der Waals surface area contributed by atoms with Crippen LogP contribution in [0.4, 0.5) is 0 Å². The number of thiol groups is 1. The molecule has 4 heteroatoms. The van der Waals surface area contributed by atoms with Crippen LogP contribution in [0.2, 0.25) is 0 Å². The van der Waals surface area contributed by atoms with E-state index in [0.29, 0.717) is 5.56 Å². The lowest BCUT2D eigenvalue weighted by atomic mass is 10.3. The van der Waals surface area contributed by atoms with Crippen molar-refractivity contribution in [3.8, 4) is 0 Å². The Morgan fingerprint density at radius 3 is 2.91 bits per heavy atom. The second-order valence-corrected chi connectivity index (χ2v) is 2.37. The number of aliphatic carboxylic acids is 1. The molecule has 0 radical (unpaired) electrons. The fraction of sp³-hybridized carbons (Fsp3) is 0. The third-order valence-electron chi connectivity index (χ3n) is 1.07. The maximum Gasteiger partial charge on any atom is 0.341 e. The second-order valence-electron chi connectivity index (χ2n) is 1.89. The van der Waals surface area contributed by atoms with Gasteiger partial charge < -0.3 is 9.52 Å². The molecule has 0 fully saturated rings. The summed E-state index contributed by atoms with van der Waals surface area (Å²) in [6, 6.07) is 1.65. The third-order valence-corrected chi connectivity index (χ3v) is 1.39. The number of carboxylic acids is 1. The zero-order valence-electron chi connectivity index (χ0n) is 5.52. The molecular weight excluding hydrogens is 164 g/mol. The molecule has 0 saturated carbocycles. The minimum Gasteiger partial charge on any atom is -0.477 e. The van der Waals surface area contributed by atoms with Gasteiger partial charge in [0.25, 0.3) is 0 Å². The molecule has 1 rings (SSSR count). The molecule has 3 nitrogen and oxygen atoms in total. The molecule has 0 atom stereocenters. The molecule has 1 aromatic rings. The van der Waals surface area contributed by atoms with E-state index in [0.717, 1.165) is 0 Å². The van der Waals surface area contributed by atoms with Gasteiger partial charge in [-0.25, -0.2) is 4.79 Å². The molecule has 0 aliphatic carbocycles. The van der Waals surface area contributed by atoms with E-state index in [-0.39, 0.29) is 4.91 Å². The van der Waals surface area contributed by atoms with Crippen molar-refractivity contribution >= 4 is 24.7 Å². The number of hydrogen-bond acceptors (Lipinski definition) is 3. The summed E-state index contributed by atoms with van der Waals surface area (Å²) in [5, 5.41) is 8.41. The van der Waals surface area contributed by atoms with Crippen molar-refractivity contribution < 1.29 is 14.3 Å². The predicted octanol–water partition coefficient (Wildman–Crippen LogP) is 1.63. The van der Waals surface area contributed by atoms with Crippen LogP contribution in [0.3, 0.4) is 0 Å². The van der Waals surface area contributed by atoms with E-state index < -0.39 is 5.97 Å². The summed E-state index contributed by atoms with van der Waals surface area (Å²) < 4.78 is 4.72. The summed E-state index contributed by atoms with van der Waals surface area (Å²) >= 11 is 3.73. The summed E-state index contributed by atoms with van der Waals surface area (Å²) in [7, 11) is 0. The molecular formula is C7H6O3S. The van der Waals surface area contributed by atoms with Crippen molar-refractivity contribution in [3.05, 3.63) is 29.1 Å². The zero-order chi connectivity index (χ0) is 8.27. The van der Waals surface area contributed by atoms with E-state index in [1.165, 1.54) is 18.6 Å². The maximum atomic E-state index is 10.3. The van der Waals surface area contributed by atoms with Gasteiger partial charge in [0.2, 0.25) is 0 Å². The first-order chi connectivity index (χ1) is 5.20. The van der Waals surface area contributed by atoms with Gasteiger partial charge in [-0.3, -0.25) is 0 Å². The van der Waals surface area contributed by atoms with Crippen LogP contribution in [0.15, 0.2) is 27.9 Å². The molecule has 1 heterocycles. The fourth-order valence-electron chi connectivity index (χ4n) is 0.577. The first kappa shape index (κ1) is 7.94. The Bertz CT molecular complexity index is 274. The number of carbonyl (C=O) groups is 1. The van der Waals surface area contributed by atoms with Gasteiger partial charge in [0.05, 0.1) is 17.4 Å². The number of hydrogen-bond donors (Lipinski definition) is 2. The van der Waals surface area contributed by atoms with Crippen LogP contribution in [-0.4, -0.2) is 11.1 Å². The van der Waals surface area contributed by atoms with Crippen molar-refractivity contribution in [3.63, 3.8) is 0 Å². The van der Waals surface area contributed by atoms with E-state index in [9.17, 15) is 4.79 Å². The molecule has 0 spiro atoms. The molecule has 58 valence electrons. The molecule has 0 amide bonds. The molecule has 0 bridgehead atoms. The lowest BCUT2D eigenvalue weighted by Gasteiger charge is -1.87.